The summed E-state index contributed by atoms with van der Waals surface area (Å²) in [6.45, 7) is 0.843. The van der Waals surface area contributed by atoms with Gasteiger partial charge in [0.25, 0.3) is 5.91 Å². The van der Waals surface area contributed by atoms with Crippen LogP contribution < -0.4 is 10.6 Å². The van der Waals surface area contributed by atoms with Gasteiger partial charge in [-0.25, -0.2) is 4.98 Å². The molecule has 0 radical (unpaired) electrons. The first-order valence-electron chi connectivity index (χ1n) is 7.86. The molecule has 1 saturated carbocycles. The van der Waals surface area contributed by atoms with Gasteiger partial charge in [0.15, 0.2) is 0 Å². The molecule has 2 aromatic rings. The first-order chi connectivity index (χ1) is 10.8. The van der Waals surface area contributed by atoms with Crippen molar-refractivity contribution in [3.63, 3.8) is 0 Å². The topological polar surface area (TPSA) is 54.0 Å². The molecule has 2 N–H and O–H groups in total. The van der Waals surface area contributed by atoms with Crippen LogP contribution in [0.15, 0.2) is 48.7 Å². The van der Waals surface area contributed by atoms with Gasteiger partial charge in [0.05, 0.1) is 0 Å². The van der Waals surface area contributed by atoms with Crippen LogP contribution >= 0.6 is 0 Å². The van der Waals surface area contributed by atoms with Gasteiger partial charge in [-0.15, -0.1) is 0 Å². The van der Waals surface area contributed by atoms with Gasteiger partial charge < -0.3 is 10.6 Å². The standard InChI is InChI=1S/C18H21N3O/c22-18(21-16-8-9-16)15-10-12-20-17(13-15)19-11-4-7-14-5-2-1-3-6-14/h1-3,5-6,10,12-13,16H,4,7-9,11H2,(H,19,20)(H,21,22). The lowest BCUT2D eigenvalue weighted by molar-refractivity contribution is 0.0951. The predicted octanol–water partition coefficient (Wildman–Crippen LogP) is 3.02. The lowest BCUT2D eigenvalue weighted by Gasteiger charge is -2.08. The number of rotatable bonds is 7. The number of hydrogen-bond donors (Lipinski definition) is 2. The van der Waals surface area contributed by atoms with Gasteiger partial charge in [-0.2, -0.15) is 0 Å². The van der Waals surface area contributed by atoms with Crippen LogP contribution in [0.25, 0.3) is 0 Å². The summed E-state index contributed by atoms with van der Waals surface area (Å²) in [4.78, 5) is 16.3. The summed E-state index contributed by atoms with van der Waals surface area (Å²) < 4.78 is 0. The summed E-state index contributed by atoms with van der Waals surface area (Å²) in [7, 11) is 0. The van der Waals surface area contributed by atoms with Crippen molar-refractivity contribution >= 4 is 11.7 Å². The molecule has 1 fully saturated rings. The van der Waals surface area contributed by atoms with Crippen LogP contribution in [0.3, 0.4) is 0 Å². The number of nitrogens with one attached hydrogen (secondary N) is 2. The molecule has 1 aromatic heterocycles. The van der Waals surface area contributed by atoms with Crippen molar-refractivity contribution in [2.24, 2.45) is 0 Å². The molecule has 0 spiro atoms. The van der Waals surface area contributed by atoms with E-state index in [9.17, 15) is 4.79 Å². The smallest absolute Gasteiger partial charge is 0.251 e. The zero-order valence-corrected chi connectivity index (χ0v) is 12.6. The molecule has 0 atom stereocenters. The molecule has 4 nitrogen and oxygen atoms in total. The van der Waals surface area contributed by atoms with E-state index in [1.807, 2.05) is 12.1 Å². The van der Waals surface area contributed by atoms with Crippen LogP contribution in [-0.4, -0.2) is 23.5 Å². The fraction of sp³-hybridized carbons (Fsp3) is 0.333. The van der Waals surface area contributed by atoms with Gasteiger partial charge in [-0.05, 0) is 43.4 Å². The second-order valence-corrected chi connectivity index (χ2v) is 5.69. The Morgan fingerprint density at radius 2 is 2.00 bits per heavy atom. The number of carbonyl (C=O) groups excluding carboxylic acids is 1. The Kier molecular flexibility index (Phi) is 4.68. The summed E-state index contributed by atoms with van der Waals surface area (Å²) in [6.07, 6.45) is 5.95. The molecule has 0 aliphatic heterocycles. The van der Waals surface area contributed by atoms with Crippen LogP contribution in [0, 0.1) is 0 Å². The Labute approximate surface area is 131 Å². The van der Waals surface area contributed by atoms with Crippen LogP contribution in [0.2, 0.25) is 0 Å². The van der Waals surface area contributed by atoms with E-state index in [-0.39, 0.29) is 5.91 Å². The zero-order chi connectivity index (χ0) is 15.2. The van der Waals surface area contributed by atoms with Gasteiger partial charge in [0.1, 0.15) is 5.82 Å². The molecule has 1 aliphatic rings. The molecule has 114 valence electrons. The van der Waals surface area contributed by atoms with Gasteiger partial charge in [-0.3, -0.25) is 4.79 Å². The Bertz CT molecular complexity index is 623. The summed E-state index contributed by atoms with van der Waals surface area (Å²) in [5.74, 6) is 0.758. The Balaban J connectivity index is 1.46. The van der Waals surface area contributed by atoms with Gasteiger partial charge in [0.2, 0.25) is 0 Å². The van der Waals surface area contributed by atoms with Crippen molar-refractivity contribution in [2.75, 3.05) is 11.9 Å². The van der Waals surface area contributed by atoms with Crippen molar-refractivity contribution < 1.29 is 4.79 Å². The maximum absolute atomic E-state index is 12.0. The number of amides is 1. The molecule has 3 rings (SSSR count). The molecule has 1 aromatic carbocycles. The maximum Gasteiger partial charge on any atom is 0.251 e. The third kappa shape index (κ3) is 4.32. The highest BCUT2D eigenvalue weighted by molar-refractivity contribution is 5.95. The average molecular weight is 295 g/mol. The number of hydrogen-bond acceptors (Lipinski definition) is 3. The van der Waals surface area contributed by atoms with Crippen LogP contribution in [0.5, 0.6) is 0 Å². The second kappa shape index (κ2) is 7.07. The van der Waals surface area contributed by atoms with E-state index < -0.39 is 0 Å². The lowest BCUT2D eigenvalue weighted by Crippen LogP contribution is -2.25. The van der Waals surface area contributed by atoms with E-state index >= 15 is 0 Å². The molecule has 1 heterocycles. The largest absolute Gasteiger partial charge is 0.370 e. The Morgan fingerprint density at radius 1 is 1.18 bits per heavy atom. The van der Waals surface area contributed by atoms with Crippen molar-refractivity contribution in [3.8, 4) is 0 Å². The van der Waals surface area contributed by atoms with Crippen LogP contribution in [0.4, 0.5) is 5.82 Å². The van der Waals surface area contributed by atoms with Gasteiger partial charge in [0, 0.05) is 24.3 Å². The minimum Gasteiger partial charge on any atom is -0.370 e. The molecular weight excluding hydrogens is 274 g/mol. The second-order valence-electron chi connectivity index (χ2n) is 5.69. The van der Waals surface area contributed by atoms with E-state index in [4.69, 9.17) is 0 Å². The van der Waals surface area contributed by atoms with Gasteiger partial charge in [-0.1, -0.05) is 30.3 Å². The van der Waals surface area contributed by atoms with Crippen molar-refractivity contribution in [1.29, 1.82) is 0 Å². The summed E-state index contributed by atoms with van der Waals surface area (Å²) >= 11 is 0. The van der Waals surface area contributed by atoms with Gasteiger partial charge >= 0.3 is 0 Å². The number of anilines is 1. The molecule has 0 bridgehead atoms. The average Bonchev–Trinajstić information content (AvgIpc) is 3.37. The quantitative estimate of drug-likeness (QED) is 0.772. The van der Waals surface area contributed by atoms with Crippen molar-refractivity contribution in [1.82, 2.24) is 10.3 Å². The summed E-state index contributed by atoms with van der Waals surface area (Å²) in [6, 6.07) is 14.4. The normalized spacial score (nSPS) is 13.6. The number of pyridine rings is 1. The van der Waals surface area contributed by atoms with Crippen LogP contribution in [0.1, 0.15) is 35.2 Å². The molecule has 0 saturated heterocycles. The van der Waals surface area contributed by atoms with Crippen molar-refractivity contribution in [3.05, 3.63) is 59.8 Å². The molecular formula is C18H21N3O. The molecule has 0 unspecified atom stereocenters. The highest BCUT2D eigenvalue weighted by Gasteiger charge is 2.23. The van der Waals surface area contributed by atoms with E-state index in [0.717, 1.165) is 38.0 Å². The fourth-order valence-electron chi connectivity index (χ4n) is 2.32. The maximum atomic E-state index is 12.0. The minimum atomic E-state index is -0.00256. The first-order valence-corrected chi connectivity index (χ1v) is 7.86. The minimum absolute atomic E-state index is 0.00256. The van der Waals surface area contributed by atoms with E-state index in [0.29, 0.717) is 11.6 Å². The third-order valence-corrected chi connectivity index (χ3v) is 3.73. The van der Waals surface area contributed by atoms with E-state index in [1.165, 1.54) is 5.56 Å². The predicted molar refractivity (Wildman–Crippen MR) is 88.0 cm³/mol. The number of aromatic nitrogens is 1. The molecule has 1 aliphatic carbocycles. The highest BCUT2D eigenvalue weighted by atomic mass is 16.1. The molecule has 1 amide bonds. The summed E-state index contributed by atoms with van der Waals surface area (Å²) in [5, 5.41) is 6.28. The highest BCUT2D eigenvalue weighted by Crippen LogP contribution is 2.19. The zero-order valence-electron chi connectivity index (χ0n) is 12.6. The number of benzene rings is 1. The van der Waals surface area contributed by atoms with E-state index in [1.54, 1.807) is 12.3 Å². The number of aryl methyl sites for hydroxylation is 1. The SMILES string of the molecule is O=C(NC1CC1)c1ccnc(NCCCc2ccccc2)c1. The number of nitrogens with zero attached hydrogens (tertiary/aromatic N) is 1. The molecule has 22 heavy (non-hydrogen) atoms. The summed E-state index contributed by atoms with van der Waals surface area (Å²) in [5.41, 5.74) is 2.02. The van der Waals surface area contributed by atoms with E-state index in [2.05, 4.69) is 39.9 Å². The molecule has 4 heteroatoms. The van der Waals surface area contributed by atoms with Crippen molar-refractivity contribution in [2.45, 2.75) is 31.7 Å². The third-order valence-electron chi connectivity index (χ3n) is 3.73. The number of carbonyl (C=O) groups is 1. The lowest BCUT2D eigenvalue weighted by atomic mass is 10.1. The Hall–Kier alpha value is -2.36. The Morgan fingerprint density at radius 3 is 2.77 bits per heavy atom. The first kappa shape index (κ1) is 14.6. The monoisotopic (exact) mass is 295 g/mol. The fourth-order valence-corrected chi connectivity index (χ4v) is 2.32. The van der Waals surface area contributed by atoms with Crippen LogP contribution in [-0.2, 0) is 6.42 Å².